The number of nitrogens with zero attached hydrogens (tertiary/aromatic N) is 2. The highest BCUT2D eigenvalue weighted by atomic mass is 32.2. The first kappa shape index (κ1) is 17.3. The molecule has 1 aromatic heterocycles. The summed E-state index contributed by atoms with van der Waals surface area (Å²) in [6.07, 6.45) is 1.50. The molecule has 1 fully saturated rings. The molecular weight excluding hydrogens is 363 g/mol. The number of amides is 2. The minimum absolute atomic E-state index is 0.0848. The average Bonchev–Trinajstić information content (AvgIpc) is 3.20. The van der Waals surface area contributed by atoms with Crippen molar-refractivity contribution < 1.29 is 14.0 Å². The lowest BCUT2D eigenvalue weighted by molar-refractivity contribution is -0.122. The van der Waals surface area contributed by atoms with Crippen molar-refractivity contribution in [3.05, 3.63) is 52.5 Å². The summed E-state index contributed by atoms with van der Waals surface area (Å²) in [7, 11) is 0. The van der Waals surface area contributed by atoms with E-state index < -0.39 is 17.0 Å². The van der Waals surface area contributed by atoms with Crippen LogP contribution in [-0.4, -0.2) is 28.4 Å². The maximum Gasteiger partial charge on any atom is 0.240 e. The van der Waals surface area contributed by atoms with Crippen LogP contribution in [0.15, 0.2) is 52.0 Å². The summed E-state index contributed by atoms with van der Waals surface area (Å²) in [5.74, 6) is -1.29. The van der Waals surface area contributed by atoms with E-state index >= 15 is 0 Å². The molecule has 0 unspecified atom stereocenters. The van der Waals surface area contributed by atoms with Crippen molar-refractivity contribution in [1.29, 1.82) is 0 Å². The van der Waals surface area contributed by atoms with E-state index in [0.717, 1.165) is 16.6 Å². The quantitative estimate of drug-likeness (QED) is 0.622. The Bertz CT molecular complexity index is 836. The van der Waals surface area contributed by atoms with E-state index in [1.54, 1.807) is 12.3 Å². The van der Waals surface area contributed by atoms with Crippen LogP contribution in [-0.2, 0) is 9.59 Å². The molecule has 3 rings (SSSR count). The van der Waals surface area contributed by atoms with E-state index in [1.165, 1.54) is 29.5 Å². The van der Waals surface area contributed by atoms with Crippen molar-refractivity contribution in [2.24, 2.45) is 10.2 Å². The Labute approximate surface area is 151 Å². The Morgan fingerprint density at radius 2 is 2.16 bits per heavy atom. The zero-order valence-corrected chi connectivity index (χ0v) is 14.4. The largest absolute Gasteiger partial charge is 0.324 e. The fourth-order valence-corrected chi connectivity index (χ4v) is 3.53. The van der Waals surface area contributed by atoms with Crippen LogP contribution < -0.4 is 10.6 Å². The Hall–Kier alpha value is -2.52. The van der Waals surface area contributed by atoms with Crippen LogP contribution in [0.1, 0.15) is 11.3 Å². The number of para-hydroxylation sites is 1. The van der Waals surface area contributed by atoms with Gasteiger partial charge in [-0.05, 0) is 23.6 Å². The number of hydrogen-bond donors (Lipinski definition) is 2. The second-order valence-corrected chi connectivity index (χ2v) is 7.16. The van der Waals surface area contributed by atoms with E-state index in [9.17, 15) is 14.0 Å². The van der Waals surface area contributed by atoms with E-state index in [2.05, 4.69) is 20.8 Å². The summed E-state index contributed by atoms with van der Waals surface area (Å²) < 4.78 is 13.5. The molecule has 25 heavy (non-hydrogen) atoms. The van der Waals surface area contributed by atoms with Crippen LogP contribution in [0.2, 0.25) is 0 Å². The molecule has 0 radical (unpaired) electrons. The minimum Gasteiger partial charge on any atom is -0.324 e. The predicted octanol–water partition coefficient (Wildman–Crippen LogP) is 2.84. The standard InChI is InChI=1S/C16H13FN4O2S2/c17-11-5-1-2-6-12(11)19-14(22)8-13-15(23)20-16(25-13)21-18-9-10-4-3-7-24-10/h1-7,9,13H,8H2,(H,19,22)(H,20,21,23)/t13-/m1/s1. The number of hydrogen-bond acceptors (Lipinski definition) is 6. The van der Waals surface area contributed by atoms with Crippen molar-refractivity contribution >= 4 is 52.0 Å². The first-order valence-electron chi connectivity index (χ1n) is 7.28. The van der Waals surface area contributed by atoms with Gasteiger partial charge in [-0.15, -0.1) is 16.4 Å². The van der Waals surface area contributed by atoms with E-state index in [-0.39, 0.29) is 18.0 Å². The van der Waals surface area contributed by atoms with Gasteiger partial charge in [0, 0.05) is 11.3 Å². The van der Waals surface area contributed by atoms with Gasteiger partial charge in [0.15, 0.2) is 5.17 Å². The molecule has 0 bridgehead atoms. The van der Waals surface area contributed by atoms with Crippen LogP contribution in [0.25, 0.3) is 0 Å². The normalized spacial score (nSPS) is 18.7. The fraction of sp³-hybridized carbons (Fsp3) is 0.125. The molecule has 2 amide bonds. The molecule has 2 N–H and O–H groups in total. The van der Waals surface area contributed by atoms with Gasteiger partial charge in [-0.1, -0.05) is 30.0 Å². The third kappa shape index (κ3) is 4.74. The van der Waals surface area contributed by atoms with Crippen molar-refractivity contribution in [2.75, 3.05) is 5.32 Å². The molecule has 1 aliphatic heterocycles. The first-order chi connectivity index (χ1) is 12.1. The Balaban J connectivity index is 1.55. The van der Waals surface area contributed by atoms with Gasteiger partial charge in [-0.2, -0.15) is 5.10 Å². The number of carbonyl (C=O) groups is 2. The zero-order chi connectivity index (χ0) is 17.6. The number of rotatable bonds is 5. The topological polar surface area (TPSA) is 82.9 Å². The maximum absolute atomic E-state index is 13.5. The third-order valence-corrected chi connectivity index (χ3v) is 5.05. The number of benzene rings is 1. The highest BCUT2D eigenvalue weighted by Crippen LogP contribution is 2.23. The van der Waals surface area contributed by atoms with Gasteiger partial charge < -0.3 is 10.6 Å². The van der Waals surface area contributed by atoms with Gasteiger partial charge in [-0.25, -0.2) is 4.39 Å². The number of carbonyl (C=O) groups excluding carboxylic acids is 2. The van der Waals surface area contributed by atoms with Gasteiger partial charge >= 0.3 is 0 Å². The molecular formula is C16H13FN4O2S2. The maximum atomic E-state index is 13.5. The number of halogens is 1. The Morgan fingerprint density at radius 1 is 1.32 bits per heavy atom. The number of thioether (sulfide) groups is 1. The van der Waals surface area contributed by atoms with Crippen molar-refractivity contribution in [1.82, 2.24) is 5.32 Å². The lowest BCUT2D eigenvalue weighted by atomic mass is 10.2. The number of amidine groups is 1. The highest BCUT2D eigenvalue weighted by molar-refractivity contribution is 8.15. The molecule has 1 aromatic carbocycles. The summed E-state index contributed by atoms with van der Waals surface area (Å²) in [6, 6.07) is 9.65. The molecule has 1 aliphatic rings. The summed E-state index contributed by atoms with van der Waals surface area (Å²) in [4.78, 5) is 24.9. The minimum atomic E-state index is -0.623. The molecule has 0 saturated carbocycles. The zero-order valence-electron chi connectivity index (χ0n) is 12.8. The predicted molar refractivity (Wildman–Crippen MR) is 98.5 cm³/mol. The van der Waals surface area contributed by atoms with Gasteiger partial charge in [0.1, 0.15) is 11.1 Å². The number of thiophene rings is 1. The van der Waals surface area contributed by atoms with Gasteiger partial charge in [0.25, 0.3) is 0 Å². The second-order valence-electron chi connectivity index (χ2n) is 4.99. The van der Waals surface area contributed by atoms with Crippen molar-refractivity contribution in [3.8, 4) is 0 Å². The smallest absolute Gasteiger partial charge is 0.240 e. The van der Waals surface area contributed by atoms with Crippen LogP contribution in [0.5, 0.6) is 0 Å². The molecule has 1 saturated heterocycles. The van der Waals surface area contributed by atoms with Crippen molar-refractivity contribution in [3.63, 3.8) is 0 Å². The molecule has 0 spiro atoms. The lowest BCUT2D eigenvalue weighted by Gasteiger charge is -2.07. The average molecular weight is 376 g/mol. The molecule has 0 aliphatic carbocycles. The van der Waals surface area contributed by atoms with Gasteiger partial charge in [0.2, 0.25) is 11.8 Å². The SMILES string of the molecule is O=C(C[C@H]1SC(=NN=Cc2cccs2)NC1=O)Nc1ccccc1F. The van der Waals surface area contributed by atoms with Crippen molar-refractivity contribution in [2.45, 2.75) is 11.7 Å². The van der Waals surface area contributed by atoms with Crippen LogP contribution in [0.3, 0.4) is 0 Å². The third-order valence-electron chi connectivity index (χ3n) is 3.17. The second kappa shape index (κ2) is 8.04. The van der Waals surface area contributed by atoms with Crippen LogP contribution >= 0.6 is 23.1 Å². The van der Waals surface area contributed by atoms with E-state index in [1.807, 2.05) is 17.5 Å². The molecule has 128 valence electrons. The first-order valence-corrected chi connectivity index (χ1v) is 9.04. The molecule has 1 atom stereocenters. The number of nitrogens with one attached hydrogen (secondary N) is 2. The summed E-state index contributed by atoms with van der Waals surface area (Å²) >= 11 is 2.64. The molecule has 2 heterocycles. The Kier molecular flexibility index (Phi) is 5.56. The fourth-order valence-electron chi connectivity index (χ4n) is 2.02. The summed E-state index contributed by atoms with van der Waals surface area (Å²) in [6.45, 7) is 0. The van der Waals surface area contributed by atoms with Gasteiger partial charge in [0.05, 0.1) is 11.9 Å². The number of anilines is 1. The van der Waals surface area contributed by atoms with E-state index in [0.29, 0.717) is 5.17 Å². The van der Waals surface area contributed by atoms with Crippen LogP contribution in [0.4, 0.5) is 10.1 Å². The van der Waals surface area contributed by atoms with E-state index in [4.69, 9.17) is 0 Å². The summed E-state index contributed by atoms with van der Waals surface area (Å²) in [5, 5.41) is 14.5. The molecule has 9 heteroatoms. The monoisotopic (exact) mass is 376 g/mol. The summed E-state index contributed by atoms with van der Waals surface area (Å²) in [5.41, 5.74) is 0.0883. The van der Waals surface area contributed by atoms with Crippen LogP contribution in [0, 0.1) is 5.82 Å². The Morgan fingerprint density at radius 3 is 2.92 bits per heavy atom. The molecule has 6 nitrogen and oxygen atoms in total. The van der Waals surface area contributed by atoms with Gasteiger partial charge in [-0.3, -0.25) is 9.59 Å². The highest BCUT2D eigenvalue weighted by Gasteiger charge is 2.32. The lowest BCUT2D eigenvalue weighted by Crippen LogP contribution is -2.28. The molecule has 2 aromatic rings.